The van der Waals surface area contributed by atoms with E-state index in [-0.39, 0.29) is 12.5 Å². The fraction of sp³-hybridized carbons (Fsp3) is 0.217. The van der Waals surface area contributed by atoms with Gasteiger partial charge in [0.25, 0.3) is 0 Å². The van der Waals surface area contributed by atoms with E-state index in [1.54, 1.807) is 11.9 Å². The van der Waals surface area contributed by atoms with Gasteiger partial charge in [0.05, 0.1) is 13.1 Å². The zero-order valence-electron chi connectivity index (χ0n) is 16.4. The molecule has 0 saturated heterocycles. The number of carbonyl (C=O) groups excluding carboxylic acids is 2. The fourth-order valence-corrected chi connectivity index (χ4v) is 3.75. The summed E-state index contributed by atoms with van der Waals surface area (Å²) in [5, 5.41) is 2.53. The Labute approximate surface area is 169 Å². The van der Waals surface area contributed by atoms with Gasteiger partial charge in [-0.15, -0.1) is 0 Å². The van der Waals surface area contributed by atoms with Gasteiger partial charge in [-0.3, -0.25) is 9.59 Å². The number of rotatable bonds is 3. The van der Waals surface area contributed by atoms with Gasteiger partial charge in [-0.1, -0.05) is 36.4 Å². The molecule has 0 aliphatic carbocycles. The smallest absolute Gasteiger partial charge is 0.242 e. The van der Waals surface area contributed by atoms with Crippen LogP contribution in [0.5, 0.6) is 0 Å². The summed E-state index contributed by atoms with van der Waals surface area (Å²) in [5.41, 5.74) is 4.75. The Kier molecular flexibility index (Phi) is 5.33. The Morgan fingerprint density at radius 1 is 1.10 bits per heavy atom. The van der Waals surface area contributed by atoms with Gasteiger partial charge in [0, 0.05) is 41.9 Å². The Morgan fingerprint density at radius 3 is 2.66 bits per heavy atom. The number of aromatic amines is 2. The van der Waals surface area contributed by atoms with Gasteiger partial charge < -0.3 is 19.8 Å². The molecule has 3 heterocycles. The summed E-state index contributed by atoms with van der Waals surface area (Å²) >= 11 is 0. The maximum atomic E-state index is 12.1. The first-order valence-electron chi connectivity index (χ1n) is 9.69. The molecule has 0 radical (unpaired) electrons. The number of benzene rings is 2. The average molecular weight is 388 g/mol. The van der Waals surface area contributed by atoms with Crippen molar-refractivity contribution in [2.45, 2.75) is 13.0 Å². The van der Waals surface area contributed by atoms with Crippen molar-refractivity contribution in [2.24, 2.45) is 0 Å². The molecule has 6 nitrogen and oxygen atoms in total. The zero-order chi connectivity index (χ0) is 20.2. The molecule has 0 bridgehead atoms. The highest BCUT2D eigenvalue weighted by atomic mass is 16.2. The molecule has 2 aromatic heterocycles. The van der Waals surface area contributed by atoms with Crippen LogP contribution < -0.4 is 0 Å². The molecule has 29 heavy (non-hydrogen) atoms. The second-order valence-corrected chi connectivity index (χ2v) is 7.28. The molecule has 5 rings (SSSR count). The predicted octanol–water partition coefficient (Wildman–Crippen LogP) is 3.31. The van der Waals surface area contributed by atoms with Crippen LogP contribution in [-0.4, -0.2) is 52.2 Å². The maximum Gasteiger partial charge on any atom is 0.242 e. The van der Waals surface area contributed by atoms with Crippen LogP contribution in [0.2, 0.25) is 0 Å². The molecule has 0 unspecified atom stereocenters. The normalized spacial score (nSPS) is 12.9. The molecule has 2 aromatic carbocycles. The number of carbonyl (C=O) groups is 2. The SMILES string of the molecule is CN(C=O)CC(=O)N1CCc2c([nH]c3ccccc23)C1.c1ccc2[nH]ccc2c1. The van der Waals surface area contributed by atoms with E-state index in [2.05, 4.69) is 40.3 Å². The van der Waals surface area contributed by atoms with Gasteiger partial charge in [0.2, 0.25) is 12.3 Å². The molecule has 148 valence electrons. The summed E-state index contributed by atoms with van der Waals surface area (Å²) in [5.74, 6) is -0.0103. The highest BCUT2D eigenvalue weighted by Gasteiger charge is 2.24. The van der Waals surface area contributed by atoms with Gasteiger partial charge in [-0.05, 0) is 35.6 Å². The highest BCUT2D eigenvalue weighted by Crippen LogP contribution is 2.27. The van der Waals surface area contributed by atoms with Crippen molar-refractivity contribution < 1.29 is 9.59 Å². The monoisotopic (exact) mass is 388 g/mol. The van der Waals surface area contributed by atoms with Crippen LogP contribution >= 0.6 is 0 Å². The molecule has 0 spiro atoms. The third-order valence-corrected chi connectivity index (χ3v) is 5.26. The van der Waals surface area contributed by atoms with Crippen LogP contribution in [0.3, 0.4) is 0 Å². The molecule has 1 aliphatic rings. The minimum absolute atomic E-state index is 0.0103. The third kappa shape index (κ3) is 4.01. The van der Waals surface area contributed by atoms with Crippen LogP contribution in [0.15, 0.2) is 60.8 Å². The topological polar surface area (TPSA) is 72.2 Å². The first-order valence-corrected chi connectivity index (χ1v) is 9.69. The van der Waals surface area contributed by atoms with Crippen molar-refractivity contribution in [1.82, 2.24) is 19.8 Å². The first kappa shape index (κ1) is 18.8. The second-order valence-electron chi connectivity index (χ2n) is 7.28. The lowest BCUT2D eigenvalue weighted by Crippen LogP contribution is -2.41. The number of hydrogen-bond acceptors (Lipinski definition) is 2. The van der Waals surface area contributed by atoms with Gasteiger partial charge in [0.1, 0.15) is 0 Å². The van der Waals surface area contributed by atoms with Gasteiger partial charge in [0.15, 0.2) is 0 Å². The number of para-hydroxylation sites is 2. The number of amides is 2. The van der Waals surface area contributed by atoms with Crippen molar-refractivity contribution in [3.63, 3.8) is 0 Å². The van der Waals surface area contributed by atoms with Gasteiger partial charge >= 0.3 is 0 Å². The number of aromatic nitrogens is 2. The van der Waals surface area contributed by atoms with E-state index in [0.29, 0.717) is 19.5 Å². The maximum absolute atomic E-state index is 12.1. The van der Waals surface area contributed by atoms with E-state index in [9.17, 15) is 9.59 Å². The summed E-state index contributed by atoms with van der Waals surface area (Å²) in [6, 6.07) is 18.5. The van der Waals surface area contributed by atoms with Crippen LogP contribution in [0.1, 0.15) is 11.3 Å². The van der Waals surface area contributed by atoms with E-state index in [4.69, 9.17) is 0 Å². The van der Waals surface area contributed by atoms with Gasteiger partial charge in [-0.2, -0.15) is 0 Å². The number of H-pyrrole nitrogens is 2. The molecular formula is C23H24N4O2. The van der Waals surface area contributed by atoms with Crippen molar-refractivity contribution >= 4 is 34.1 Å². The van der Waals surface area contributed by atoms with Crippen molar-refractivity contribution in [3.8, 4) is 0 Å². The summed E-state index contributed by atoms with van der Waals surface area (Å²) < 4.78 is 0. The quantitative estimate of drug-likeness (QED) is 0.529. The molecule has 0 saturated carbocycles. The third-order valence-electron chi connectivity index (χ3n) is 5.26. The van der Waals surface area contributed by atoms with E-state index in [1.807, 2.05) is 30.5 Å². The number of nitrogens with zero attached hydrogens (tertiary/aromatic N) is 2. The molecule has 2 amide bonds. The standard InChI is InChI=1S/C15H17N3O2.C8H7N/c1-17(10-19)9-15(20)18-7-6-12-11-4-2-3-5-13(11)16-14(12)8-18;1-2-4-8-7(3-1)5-6-9-8/h2-5,10,16H,6-9H2,1H3;1-6,9H. The average Bonchev–Trinajstić information content (AvgIpc) is 3.37. The highest BCUT2D eigenvalue weighted by molar-refractivity contribution is 5.86. The van der Waals surface area contributed by atoms with Crippen molar-refractivity contribution in [3.05, 3.63) is 72.1 Å². The molecular weight excluding hydrogens is 364 g/mol. The molecule has 1 aliphatic heterocycles. The van der Waals surface area contributed by atoms with E-state index >= 15 is 0 Å². The van der Waals surface area contributed by atoms with Crippen LogP contribution in [0.25, 0.3) is 21.8 Å². The van der Waals surface area contributed by atoms with Crippen molar-refractivity contribution in [1.29, 1.82) is 0 Å². The summed E-state index contributed by atoms with van der Waals surface area (Å²) in [4.78, 5) is 32.4. The van der Waals surface area contributed by atoms with Crippen LogP contribution in [0, 0.1) is 0 Å². The number of likely N-dealkylation sites (N-methyl/N-ethyl adjacent to an activating group) is 1. The number of hydrogen-bond donors (Lipinski definition) is 2. The zero-order valence-corrected chi connectivity index (χ0v) is 16.4. The van der Waals surface area contributed by atoms with Crippen molar-refractivity contribution in [2.75, 3.05) is 20.1 Å². The van der Waals surface area contributed by atoms with Gasteiger partial charge in [-0.25, -0.2) is 0 Å². The van der Waals surface area contributed by atoms with Crippen LogP contribution in [0.4, 0.5) is 0 Å². The predicted molar refractivity (Wildman–Crippen MR) is 114 cm³/mol. The second kappa shape index (κ2) is 8.22. The molecule has 6 heteroatoms. The minimum atomic E-state index is -0.0103. The molecule has 2 N–H and O–H groups in total. The van der Waals surface area contributed by atoms with E-state index in [0.717, 1.165) is 17.6 Å². The number of fused-ring (bicyclic) bond motifs is 4. The van der Waals surface area contributed by atoms with E-state index in [1.165, 1.54) is 26.8 Å². The lowest BCUT2D eigenvalue weighted by atomic mass is 10.0. The Bertz CT molecular complexity index is 1110. The Morgan fingerprint density at radius 2 is 1.86 bits per heavy atom. The van der Waals surface area contributed by atoms with Crippen LogP contribution in [-0.2, 0) is 22.6 Å². The van der Waals surface area contributed by atoms with E-state index < -0.39 is 0 Å². The summed E-state index contributed by atoms with van der Waals surface area (Å²) in [7, 11) is 1.61. The fourth-order valence-electron chi connectivity index (χ4n) is 3.75. The summed E-state index contributed by atoms with van der Waals surface area (Å²) in [6.45, 7) is 1.44. The molecule has 0 fully saturated rings. The molecule has 0 atom stereocenters. The Hall–Kier alpha value is -3.54. The first-order chi connectivity index (χ1) is 14.2. The largest absolute Gasteiger partial charge is 0.361 e. The lowest BCUT2D eigenvalue weighted by molar-refractivity contribution is -0.135. The minimum Gasteiger partial charge on any atom is -0.361 e. The summed E-state index contributed by atoms with van der Waals surface area (Å²) in [6.07, 6.45) is 3.48. The molecule has 4 aromatic rings. The lowest BCUT2D eigenvalue weighted by Gasteiger charge is -2.28. The Balaban J connectivity index is 0.000000188. The number of nitrogens with one attached hydrogen (secondary N) is 2.